The van der Waals surface area contributed by atoms with Gasteiger partial charge in [-0.2, -0.15) is 0 Å². The Kier molecular flexibility index (Phi) is 36.6. The van der Waals surface area contributed by atoms with Crippen LogP contribution in [0.4, 0.5) is 9.59 Å². The fourth-order valence-electron chi connectivity index (χ4n) is 4.18. The molecule has 0 atom stereocenters. The Hall–Kier alpha value is -3.54. The summed E-state index contributed by atoms with van der Waals surface area (Å²) in [5.41, 5.74) is 1.02. The number of nitrogens with one attached hydrogen (secondary N) is 3. The quantitative estimate of drug-likeness (QED) is 0.0308. The highest BCUT2D eigenvalue weighted by Gasteiger charge is 2.38. The molecule has 0 aliphatic carbocycles. The molecule has 0 heterocycles. The summed E-state index contributed by atoms with van der Waals surface area (Å²) in [4.78, 5) is 56.1. The Labute approximate surface area is 359 Å². The fraction of sp³-hybridized carbons (Fsp3) is 0.694. The minimum absolute atomic E-state index is 0.00778. The van der Waals surface area contributed by atoms with E-state index < -0.39 is 44.4 Å². The first-order valence-electron chi connectivity index (χ1n) is 18.7. The number of carbonyl (C=O) groups is 5. The molecule has 0 aromatic heterocycles. The van der Waals surface area contributed by atoms with Crippen molar-refractivity contribution in [1.82, 2.24) is 16.0 Å². The number of hydrogen-bond donors (Lipinski definition) is 3. The molecule has 0 rings (SSSR count). The Morgan fingerprint density at radius 2 is 0.700 bits per heavy atom. The second kappa shape index (κ2) is 36.1. The number of carbonyl (C=O) groups excluding carboxylic acids is 5. The normalized spacial score (nSPS) is 11.0. The second-order valence-corrected chi connectivity index (χ2v) is 21.5. The first-order chi connectivity index (χ1) is 28.3. The monoisotopic (exact) mass is 917 g/mol. The molecule has 0 saturated heterocycles. The van der Waals surface area contributed by atoms with Crippen LogP contribution < -0.4 is 16.0 Å². The van der Waals surface area contributed by atoms with E-state index in [9.17, 15) is 24.0 Å². The summed E-state index contributed by atoms with van der Waals surface area (Å²) in [6.07, 6.45) is 1.35. The van der Waals surface area contributed by atoms with Crippen LogP contribution in [-0.4, -0.2) is 166 Å². The van der Waals surface area contributed by atoms with Crippen molar-refractivity contribution in [2.75, 3.05) is 110 Å². The van der Waals surface area contributed by atoms with E-state index in [-0.39, 0.29) is 38.4 Å². The summed E-state index contributed by atoms with van der Waals surface area (Å²) in [6.45, 7) is 16.6. The number of amides is 3. The Bertz CT molecular complexity index is 1190. The minimum Gasteiger partial charge on any atom is -0.462 e. The van der Waals surface area contributed by atoms with Gasteiger partial charge in [-0.15, -0.1) is 0 Å². The van der Waals surface area contributed by atoms with Crippen LogP contribution in [-0.2, 0) is 73.2 Å². The van der Waals surface area contributed by atoms with Gasteiger partial charge < -0.3 is 74.7 Å². The van der Waals surface area contributed by atoms with Crippen molar-refractivity contribution in [1.29, 1.82) is 0 Å². The van der Waals surface area contributed by atoms with Crippen LogP contribution in [0.15, 0.2) is 36.5 Å². The van der Waals surface area contributed by atoms with E-state index in [1.807, 2.05) is 0 Å². The summed E-state index contributed by atoms with van der Waals surface area (Å²) < 4.78 is 66.7. The zero-order valence-electron chi connectivity index (χ0n) is 37.7. The third kappa shape index (κ3) is 28.8. The van der Waals surface area contributed by atoms with Crippen molar-refractivity contribution in [3.8, 4) is 0 Å². The molecule has 0 aliphatic rings. The highest BCUT2D eigenvalue weighted by Crippen LogP contribution is 2.16. The topological polar surface area (TPSA) is 241 Å². The molecule has 0 spiro atoms. The molecule has 0 aliphatic heterocycles. The maximum absolute atomic E-state index is 11.5. The Morgan fingerprint density at radius 3 is 1.07 bits per heavy atom. The molecule has 0 fully saturated rings. The van der Waals surface area contributed by atoms with Gasteiger partial charge in [0.1, 0.15) is 19.8 Å². The van der Waals surface area contributed by atoms with Gasteiger partial charge in [0.25, 0.3) is 0 Å². The predicted molar refractivity (Wildman–Crippen MR) is 227 cm³/mol. The summed E-state index contributed by atoms with van der Waals surface area (Å²) >= 11 is 0. The average Bonchev–Trinajstić information content (AvgIpc) is 3.25. The number of urea groups is 1. The third-order valence-corrected chi connectivity index (χ3v) is 16.2. The summed E-state index contributed by atoms with van der Waals surface area (Å²) in [5.74, 6) is -1.36. The first-order valence-corrected chi connectivity index (χ1v) is 24.5. The van der Waals surface area contributed by atoms with E-state index in [1.54, 1.807) is 63.4 Å². The lowest BCUT2D eigenvalue weighted by Gasteiger charge is -2.24. The average molecular weight is 918 g/mol. The predicted octanol–water partition coefficient (Wildman–Crippen LogP) is 3.15. The van der Waals surface area contributed by atoms with Gasteiger partial charge in [-0.3, -0.25) is 0 Å². The molecule has 24 heteroatoms. The maximum atomic E-state index is 11.5. The second-order valence-electron chi connectivity index (χ2n) is 12.2. The van der Waals surface area contributed by atoms with Gasteiger partial charge in [-0.25, -0.2) is 24.0 Å². The molecule has 0 unspecified atom stereocenters. The zero-order valence-corrected chi connectivity index (χ0v) is 40.7. The maximum Gasteiger partial charge on any atom is 0.500 e. The molecule has 3 amide bonds. The van der Waals surface area contributed by atoms with Crippen molar-refractivity contribution >= 4 is 56.4 Å². The molecular formula is C36H71N3O18Si3. The van der Waals surface area contributed by atoms with Crippen LogP contribution in [0.2, 0.25) is 18.1 Å². The van der Waals surface area contributed by atoms with Gasteiger partial charge in [0.05, 0.1) is 13.2 Å². The lowest BCUT2D eigenvalue weighted by atomic mass is 10.4. The molecule has 0 saturated carbocycles. The molecule has 0 bridgehead atoms. The number of ether oxygens (including phenoxy) is 4. The van der Waals surface area contributed by atoms with Gasteiger partial charge in [0, 0.05) is 112 Å². The molecule has 0 aromatic rings. The number of rotatable bonds is 30. The van der Waals surface area contributed by atoms with Crippen molar-refractivity contribution in [3.05, 3.63) is 36.5 Å². The highest BCUT2D eigenvalue weighted by atomic mass is 28.4. The van der Waals surface area contributed by atoms with Gasteiger partial charge in [-0.05, 0) is 40.0 Å². The largest absolute Gasteiger partial charge is 0.500 e. The van der Waals surface area contributed by atoms with Crippen LogP contribution in [0, 0.1) is 0 Å². The summed E-state index contributed by atoms with van der Waals surface area (Å²) in [6, 6.07) is 1.46. The SMILES string of the molecule is C=C(C)C(=O)OCCC[Si](OC)(OC)OC.C=C(C)C(=O)OCCNC(=O)NCCC[Si](OC)(OC)OC.C=C(C)C(=O)OCCOC(=O)NCCC[Si](OC)(OC)OC. The van der Waals surface area contributed by atoms with Crippen molar-refractivity contribution < 1.29 is 82.8 Å². The van der Waals surface area contributed by atoms with E-state index in [0.717, 1.165) is 0 Å². The summed E-state index contributed by atoms with van der Waals surface area (Å²) in [5, 5.41) is 7.84. The van der Waals surface area contributed by atoms with E-state index >= 15 is 0 Å². The van der Waals surface area contributed by atoms with Gasteiger partial charge in [0.15, 0.2) is 0 Å². The molecular weight excluding hydrogens is 847 g/mol. The molecule has 350 valence electrons. The number of esters is 3. The number of alkyl carbamates (subject to hydrolysis) is 1. The summed E-state index contributed by atoms with van der Waals surface area (Å²) in [7, 11) is 6.20. The molecule has 3 N–H and O–H groups in total. The van der Waals surface area contributed by atoms with Crippen LogP contribution in [0.5, 0.6) is 0 Å². The molecule has 60 heavy (non-hydrogen) atoms. The lowest BCUT2D eigenvalue weighted by Crippen LogP contribution is -2.44. The smallest absolute Gasteiger partial charge is 0.462 e. The van der Waals surface area contributed by atoms with Crippen molar-refractivity contribution in [2.45, 2.75) is 58.2 Å². The van der Waals surface area contributed by atoms with Crippen LogP contribution in [0.25, 0.3) is 0 Å². The Balaban J connectivity index is -0.000000824. The third-order valence-electron chi connectivity index (χ3n) is 7.75. The van der Waals surface area contributed by atoms with E-state index in [2.05, 4.69) is 35.7 Å². The van der Waals surface area contributed by atoms with Crippen molar-refractivity contribution in [3.63, 3.8) is 0 Å². The highest BCUT2D eigenvalue weighted by molar-refractivity contribution is 6.61. The molecule has 0 radical (unpaired) electrons. The van der Waals surface area contributed by atoms with Gasteiger partial charge in [-0.1, -0.05) is 19.7 Å². The van der Waals surface area contributed by atoms with Gasteiger partial charge >= 0.3 is 56.4 Å². The van der Waals surface area contributed by atoms with Crippen LogP contribution >= 0.6 is 0 Å². The zero-order chi connectivity index (χ0) is 46.6. The fourth-order valence-corrected chi connectivity index (χ4v) is 9.32. The Morgan fingerprint density at radius 1 is 0.400 bits per heavy atom. The first kappa shape index (κ1) is 60.8. The minimum atomic E-state index is -2.60. The van der Waals surface area contributed by atoms with E-state index in [1.165, 1.54) is 21.3 Å². The van der Waals surface area contributed by atoms with Crippen LogP contribution in [0.3, 0.4) is 0 Å². The van der Waals surface area contributed by atoms with E-state index in [0.29, 0.717) is 73.8 Å². The molecule has 21 nitrogen and oxygen atoms in total. The van der Waals surface area contributed by atoms with Crippen LogP contribution in [0.1, 0.15) is 40.0 Å². The lowest BCUT2D eigenvalue weighted by molar-refractivity contribution is -0.140. The van der Waals surface area contributed by atoms with Gasteiger partial charge in [0.2, 0.25) is 0 Å². The van der Waals surface area contributed by atoms with Crippen molar-refractivity contribution in [2.24, 2.45) is 0 Å². The standard InChI is InChI=1S/C13H26N2O6Si.C13H25NO7Si.C10H20O5Si/c1-11(2)12(16)21-9-8-15-13(17)14-7-6-10-22(18-3,19-4)20-5;1-11(2)12(15)20-8-9-21-13(16)14-7-6-10-22(17-3,18-4)19-5;1-9(2)10(11)15-7-6-8-16(12-3,13-4)14-5/h1,6-10H2,2-5H3,(H2,14,15,17);1,6-10H2,2-5H3,(H,14,16);1,6-8H2,2-5H3. The molecule has 0 aromatic carbocycles. The number of hydrogen-bond acceptors (Lipinski definition) is 18. The van der Waals surface area contributed by atoms with E-state index in [4.69, 9.17) is 58.8 Å².